The number of nitro groups is 1. The van der Waals surface area contributed by atoms with Gasteiger partial charge in [0.05, 0.1) is 16.6 Å². The van der Waals surface area contributed by atoms with Crippen LogP contribution < -0.4 is 0 Å². The zero-order chi connectivity index (χ0) is 28.4. The van der Waals surface area contributed by atoms with Crippen LogP contribution in [0.25, 0.3) is 0 Å². The number of nitro benzene ring substituents is 1. The molecule has 1 heterocycles. The highest BCUT2D eigenvalue weighted by molar-refractivity contribution is 5.89. The fourth-order valence-corrected chi connectivity index (χ4v) is 10.7. The maximum Gasteiger partial charge on any atom is 0.338 e. The third-order valence-electron chi connectivity index (χ3n) is 12.8. The molecule has 5 aliphatic rings. The van der Waals surface area contributed by atoms with E-state index in [2.05, 4.69) is 34.6 Å². The third kappa shape index (κ3) is 4.42. The molecule has 0 N–H and O–H groups in total. The van der Waals surface area contributed by atoms with Gasteiger partial charge in [-0.1, -0.05) is 53.9 Å². The van der Waals surface area contributed by atoms with E-state index >= 15 is 0 Å². The molecule has 0 bridgehead atoms. The minimum Gasteiger partial charge on any atom is -0.459 e. The smallest absolute Gasteiger partial charge is 0.338 e. The number of hydrogen-bond acceptors (Lipinski definition) is 5. The fourth-order valence-electron chi connectivity index (χ4n) is 10.7. The molecule has 1 aliphatic heterocycles. The van der Waals surface area contributed by atoms with Crippen molar-refractivity contribution in [2.24, 2.45) is 46.3 Å². The summed E-state index contributed by atoms with van der Waals surface area (Å²) in [6, 6.07) is 5.72. The van der Waals surface area contributed by atoms with E-state index < -0.39 is 10.9 Å². The Balaban J connectivity index is 1.12. The number of fused-ring (bicyclic) bond motifs is 4. The second-order valence-corrected chi connectivity index (χ2v) is 15.1. The Kier molecular flexibility index (Phi) is 7.12. The predicted octanol–water partition coefficient (Wildman–Crippen LogP) is 8.37. The van der Waals surface area contributed by atoms with Gasteiger partial charge in [0, 0.05) is 24.0 Å². The first-order chi connectivity index (χ1) is 19.0. The lowest BCUT2D eigenvalue weighted by Crippen LogP contribution is -2.59. The van der Waals surface area contributed by atoms with Crippen LogP contribution in [-0.4, -0.2) is 28.7 Å². The average Bonchev–Trinajstić information content (AvgIpc) is 3.49. The SMILES string of the molecule is CC(C)CCC[C@H](C)[C@@H]1CC[C@@H]2[C@@H]3C[C@@H]4O[C@@]45C[C@H](OC(=O)c4ccc([N+](=O)[O-])cc4)CC[C@]5(C)[C@H]3CC[C@@]21C. The Morgan fingerprint density at radius 1 is 1.05 bits per heavy atom. The Labute approximate surface area is 240 Å². The first kappa shape index (κ1) is 28.2. The van der Waals surface area contributed by atoms with E-state index in [0.717, 1.165) is 48.9 Å². The zero-order valence-electron chi connectivity index (χ0n) is 25.2. The van der Waals surface area contributed by atoms with Crippen molar-refractivity contribution in [1.82, 2.24) is 0 Å². The molecule has 1 aromatic rings. The summed E-state index contributed by atoms with van der Waals surface area (Å²) in [5.74, 6) is 4.38. The van der Waals surface area contributed by atoms with Crippen LogP contribution in [0.15, 0.2) is 24.3 Å². The molecule has 6 rings (SSSR count). The number of rotatable bonds is 8. The van der Waals surface area contributed by atoms with Gasteiger partial charge in [-0.15, -0.1) is 0 Å². The number of benzene rings is 1. The van der Waals surface area contributed by atoms with Crippen molar-refractivity contribution in [1.29, 1.82) is 0 Å². The molecular formula is C34H49NO5. The maximum absolute atomic E-state index is 12.9. The monoisotopic (exact) mass is 551 g/mol. The molecule has 1 aromatic carbocycles. The first-order valence-corrected chi connectivity index (χ1v) is 16.1. The van der Waals surface area contributed by atoms with Crippen molar-refractivity contribution >= 4 is 11.7 Å². The summed E-state index contributed by atoms with van der Waals surface area (Å²) in [5, 5.41) is 11.0. The highest BCUT2D eigenvalue weighted by atomic mass is 16.6. The summed E-state index contributed by atoms with van der Waals surface area (Å²) in [6.45, 7) is 12.4. The van der Waals surface area contributed by atoms with Gasteiger partial charge in [-0.25, -0.2) is 4.79 Å². The fraction of sp³-hybridized carbons (Fsp3) is 0.794. The Morgan fingerprint density at radius 3 is 2.50 bits per heavy atom. The van der Waals surface area contributed by atoms with Crippen molar-refractivity contribution in [2.75, 3.05) is 0 Å². The number of carbonyl (C=O) groups excluding carboxylic acids is 1. The molecule has 0 radical (unpaired) electrons. The van der Waals surface area contributed by atoms with E-state index in [1.54, 1.807) is 0 Å². The van der Waals surface area contributed by atoms with Crippen LogP contribution in [0.1, 0.15) is 116 Å². The summed E-state index contributed by atoms with van der Waals surface area (Å²) in [5.41, 5.74) is 0.824. The molecule has 5 fully saturated rings. The van der Waals surface area contributed by atoms with E-state index in [1.165, 1.54) is 75.6 Å². The summed E-state index contributed by atoms with van der Waals surface area (Å²) < 4.78 is 12.7. The highest BCUT2D eigenvalue weighted by Crippen LogP contribution is 2.74. The van der Waals surface area contributed by atoms with E-state index in [0.29, 0.717) is 23.0 Å². The molecular weight excluding hydrogens is 502 g/mol. The van der Waals surface area contributed by atoms with Gasteiger partial charge in [0.1, 0.15) is 11.7 Å². The molecule has 6 nitrogen and oxygen atoms in total. The van der Waals surface area contributed by atoms with Gasteiger partial charge < -0.3 is 9.47 Å². The molecule has 0 amide bonds. The molecule has 220 valence electrons. The topological polar surface area (TPSA) is 82.0 Å². The number of nitrogens with zero attached hydrogens (tertiary/aromatic N) is 1. The van der Waals surface area contributed by atoms with E-state index in [4.69, 9.17) is 9.47 Å². The minimum atomic E-state index is -0.453. The van der Waals surface area contributed by atoms with Crippen molar-refractivity contribution < 1.29 is 19.2 Å². The number of non-ortho nitro benzene ring substituents is 1. The van der Waals surface area contributed by atoms with Crippen molar-refractivity contribution in [3.63, 3.8) is 0 Å². The minimum absolute atomic E-state index is 0.0207. The van der Waals surface area contributed by atoms with E-state index in [1.807, 2.05) is 0 Å². The quantitative estimate of drug-likeness (QED) is 0.140. The molecule has 6 heteroatoms. The lowest BCUT2D eigenvalue weighted by atomic mass is 9.44. The second-order valence-electron chi connectivity index (χ2n) is 15.1. The molecule has 0 unspecified atom stereocenters. The molecule has 4 aliphatic carbocycles. The van der Waals surface area contributed by atoms with Gasteiger partial charge in [-0.3, -0.25) is 10.1 Å². The number of esters is 1. The normalized spacial score (nSPS) is 42.2. The number of ether oxygens (including phenoxy) is 2. The number of carbonyl (C=O) groups is 1. The van der Waals surface area contributed by atoms with Gasteiger partial charge in [-0.2, -0.15) is 0 Å². The molecule has 1 saturated heterocycles. The largest absolute Gasteiger partial charge is 0.459 e. The number of epoxide rings is 1. The lowest BCUT2D eigenvalue weighted by Gasteiger charge is -2.59. The van der Waals surface area contributed by atoms with Crippen LogP contribution in [0.3, 0.4) is 0 Å². The Hall–Kier alpha value is -1.95. The zero-order valence-corrected chi connectivity index (χ0v) is 25.2. The molecule has 40 heavy (non-hydrogen) atoms. The van der Waals surface area contributed by atoms with E-state index in [9.17, 15) is 14.9 Å². The van der Waals surface area contributed by atoms with E-state index in [-0.39, 0.29) is 22.8 Å². The van der Waals surface area contributed by atoms with Crippen LogP contribution in [-0.2, 0) is 9.47 Å². The van der Waals surface area contributed by atoms with Gasteiger partial charge >= 0.3 is 5.97 Å². The summed E-state index contributed by atoms with van der Waals surface area (Å²) >= 11 is 0. The van der Waals surface area contributed by atoms with Gasteiger partial charge in [0.15, 0.2) is 0 Å². The average molecular weight is 552 g/mol. The van der Waals surface area contributed by atoms with Gasteiger partial charge in [0.25, 0.3) is 5.69 Å². The van der Waals surface area contributed by atoms with Gasteiger partial charge in [0.2, 0.25) is 0 Å². The molecule has 4 saturated carbocycles. The Morgan fingerprint density at radius 2 is 1.80 bits per heavy atom. The van der Waals surface area contributed by atoms with Crippen LogP contribution in [0.4, 0.5) is 5.69 Å². The van der Waals surface area contributed by atoms with Crippen LogP contribution in [0.2, 0.25) is 0 Å². The predicted molar refractivity (Wildman–Crippen MR) is 155 cm³/mol. The lowest BCUT2D eigenvalue weighted by molar-refractivity contribution is -0.384. The molecule has 1 spiro atoms. The summed E-state index contributed by atoms with van der Waals surface area (Å²) in [4.78, 5) is 23.4. The second kappa shape index (κ2) is 10.1. The molecule has 0 aromatic heterocycles. The summed E-state index contributed by atoms with van der Waals surface area (Å²) in [7, 11) is 0. The maximum atomic E-state index is 12.9. The van der Waals surface area contributed by atoms with Crippen LogP contribution >= 0.6 is 0 Å². The number of hydrogen-bond donors (Lipinski definition) is 0. The third-order valence-corrected chi connectivity index (χ3v) is 12.8. The van der Waals surface area contributed by atoms with Crippen LogP contribution in [0, 0.1) is 56.5 Å². The van der Waals surface area contributed by atoms with Crippen molar-refractivity contribution in [3.8, 4) is 0 Å². The van der Waals surface area contributed by atoms with Gasteiger partial charge in [-0.05, 0) is 98.0 Å². The molecule has 10 atom stereocenters. The first-order valence-electron chi connectivity index (χ1n) is 16.1. The Bertz CT molecular complexity index is 1130. The van der Waals surface area contributed by atoms with Crippen LogP contribution in [0.5, 0.6) is 0 Å². The van der Waals surface area contributed by atoms with Crippen molar-refractivity contribution in [3.05, 3.63) is 39.9 Å². The summed E-state index contributed by atoms with van der Waals surface area (Å²) in [6.07, 6.45) is 13.6. The highest BCUT2D eigenvalue weighted by Gasteiger charge is 2.76. The van der Waals surface area contributed by atoms with Crippen molar-refractivity contribution in [2.45, 2.75) is 123 Å². The standard InChI is InChI=1S/C34H49NO5/c1-21(2)7-6-8-22(3)27-13-14-28-26-19-30-34(40-30)20-25(15-18-33(34,5)29(26)16-17-32(27,28)4)39-31(36)23-9-11-24(12-10-23)35(37)38/h9-12,21-22,25-30H,6-8,13-20H2,1-5H3/t22-,25+,26-,27-,28+,29-,30-,32+,33+,34-/m0/s1.